The molecule has 0 amide bonds. The molecule has 0 unspecified atom stereocenters. The van der Waals surface area contributed by atoms with E-state index in [1.165, 1.54) is 12.7 Å². The zero-order valence-corrected chi connectivity index (χ0v) is 14.0. The molecular weight excluding hydrogens is 300 g/mol. The maximum Gasteiger partial charge on any atom is 0.332 e. The highest BCUT2D eigenvalue weighted by molar-refractivity contribution is 5.86. The third-order valence-electron chi connectivity index (χ3n) is 2.91. The van der Waals surface area contributed by atoms with E-state index in [1.54, 1.807) is 19.1 Å². The zero-order valence-electron chi connectivity index (χ0n) is 14.0. The van der Waals surface area contributed by atoms with Crippen LogP contribution in [0.25, 0.3) is 12.2 Å². The molecule has 0 heterocycles. The van der Waals surface area contributed by atoms with Crippen LogP contribution in [0.5, 0.6) is 5.75 Å². The summed E-state index contributed by atoms with van der Waals surface area (Å²) in [7, 11) is 1.33. The summed E-state index contributed by atoms with van der Waals surface area (Å²) in [6.45, 7) is 4.95. The predicted octanol–water partition coefficient (Wildman–Crippen LogP) is 4.85. The third-order valence-corrected chi connectivity index (χ3v) is 2.91. The van der Waals surface area contributed by atoms with Crippen molar-refractivity contribution in [1.29, 1.82) is 0 Å². The smallest absolute Gasteiger partial charge is 0.332 e. The molecule has 124 valence electrons. The van der Waals surface area contributed by atoms with Gasteiger partial charge in [0.25, 0.3) is 0 Å². The Morgan fingerprint density at radius 1 is 0.958 bits per heavy atom. The van der Waals surface area contributed by atoms with Crippen LogP contribution < -0.4 is 0 Å². The Morgan fingerprint density at radius 3 is 1.88 bits per heavy atom. The largest absolute Gasteiger partial charge is 0.508 e. The molecule has 0 bridgehead atoms. The lowest BCUT2D eigenvalue weighted by molar-refractivity contribution is -0.136. The summed E-state index contributed by atoms with van der Waals surface area (Å²) < 4.78 is 4.27. The highest BCUT2D eigenvalue weighted by Gasteiger charge is 1.95. The van der Waals surface area contributed by atoms with Crippen molar-refractivity contribution in [1.82, 2.24) is 0 Å². The number of phenols is 1. The van der Waals surface area contributed by atoms with Crippen molar-refractivity contribution in [3.8, 4) is 5.75 Å². The molecule has 0 spiro atoms. The number of hydrogen-bond acceptors (Lipinski definition) is 3. The Balaban J connectivity index is 0.000000351. The minimum atomic E-state index is -0.347. The fourth-order valence-corrected chi connectivity index (χ4v) is 1.66. The number of allylic oxidation sites excluding steroid dienone is 2. The van der Waals surface area contributed by atoms with Gasteiger partial charge in [-0.15, -0.1) is 0 Å². The van der Waals surface area contributed by atoms with Crippen LogP contribution in [0.2, 0.25) is 0 Å². The number of aromatic hydroxyl groups is 1. The van der Waals surface area contributed by atoms with Crippen LogP contribution in [0.1, 0.15) is 18.1 Å². The third kappa shape index (κ3) is 7.80. The van der Waals surface area contributed by atoms with Crippen molar-refractivity contribution < 1.29 is 14.6 Å². The van der Waals surface area contributed by atoms with E-state index in [9.17, 15) is 4.79 Å². The molecule has 1 N–H and O–H groups in total. The first kappa shape index (κ1) is 19.0. The Hall–Kier alpha value is -3.07. The number of methoxy groups -OCH3 is 1. The zero-order chi connectivity index (χ0) is 17.8. The fourth-order valence-electron chi connectivity index (χ4n) is 1.66. The lowest BCUT2D eigenvalue weighted by Crippen LogP contribution is -1.98. The van der Waals surface area contributed by atoms with E-state index < -0.39 is 0 Å². The molecule has 2 rings (SSSR count). The van der Waals surface area contributed by atoms with E-state index in [2.05, 4.69) is 29.5 Å². The molecule has 3 heteroatoms. The van der Waals surface area contributed by atoms with E-state index in [0.717, 1.165) is 5.56 Å². The van der Waals surface area contributed by atoms with Crippen LogP contribution in [-0.2, 0) is 9.53 Å². The molecule has 0 aliphatic heterocycles. The average molecular weight is 322 g/mol. The summed E-state index contributed by atoms with van der Waals surface area (Å²) >= 11 is 0. The van der Waals surface area contributed by atoms with E-state index in [0.29, 0.717) is 11.3 Å². The van der Waals surface area contributed by atoms with Crippen molar-refractivity contribution in [2.75, 3.05) is 7.11 Å². The maximum atomic E-state index is 10.2. The molecule has 0 fully saturated rings. The molecule has 0 aliphatic carbocycles. The molecule has 2 aromatic carbocycles. The lowest BCUT2D eigenvalue weighted by Gasteiger charge is -1.92. The Kier molecular flexibility index (Phi) is 8.40. The summed E-state index contributed by atoms with van der Waals surface area (Å²) in [6, 6.07) is 17.3. The first-order valence-electron chi connectivity index (χ1n) is 7.45. The quantitative estimate of drug-likeness (QED) is 0.497. The van der Waals surface area contributed by atoms with Crippen molar-refractivity contribution in [2.45, 2.75) is 6.92 Å². The molecule has 3 nitrogen and oxygen atoms in total. The van der Waals surface area contributed by atoms with Gasteiger partial charge in [-0.1, -0.05) is 73.3 Å². The monoisotopic (exact) mass is 322 g/mol. The number of carbonyl (C=O) groups excluding carboxylic acids is 1. The summed E-state index contributed by atoms with van der Waals surface area (Å²) in [5, 5.41) is 9.14. The van der Waals surface area contributed by atoms with Gasteiger partial charge in [0.15, 0.2) is 0 Å². The molecule has 0 saturated heterocycles. The minimum Gasteiger partial charge on any atom is -0.508 e. The molecule has 0 saturated carbocycles. The minimum absolute atomic E-state index is 0.293. The topological polar surface area (TPSA) is 46.5 Å². The summed E-state index contributed by atoms with van der Waals surface area (Å²) in [5.74, 6) is -0.0537. The fraction of sp³-hybridized carbons (Fsp3) is 0.0952. The van der Waals surface area contributed by atoms with Crippen LogP contribution in [0.15, 0.2) is 78.9 Å². The second-order valence-electron chi connectivity index (χ2n) is 4.99. The first-order chi connectivity index (χ1) is 11.5. The normalized spacial score (nSPS) is 10.2. The van der Waals surface area contributed by atoms with E-state index in [1.807, 2.05) is 48.6 Å². The molecule has 0 radical (unpaired) electrons. The molecule has 0 atom stereocenters. The van der Waals surface area contributed by atoms with Gasteiger partial charge in [0.05, 0.1) is 7.11 Å². The van der Waals surface area contributed by atoms with Gasteiger partial charge in [-0.3, -0.25) is 0 Å². The number of esters is 1. The van der Waals surface area contributed by atoms with E-state index in [-0.39, 0.29) is 5.97 Å². The number of ether oxygens (including phenoxy) is 1. The molecular formula is C21H22O3. The number of benzene rings is 2. The van der Waals surface area contributed by atoms with E-state index in [4.69, 9.17) is 5.11 Å². The highest BCUT2D eigenvalue weighted by atomic mass is 16.5. The summed E-state index contributed by atoms with van der Waals surface area (Å²) in [4.78, 5) is 10.2. The Morgan fingerprint density at radius 2 is 1.46 bits per heavy atom. The second-order valence-corrected chi connectivity index (χ2v) is 4.99. The van der Waals surface area contributed by atoms with Crippen molar-refractivity contribution >= 4 is 18.1 Å². The number of carbonyl (C=O) groups is 1. The van der Waals surface area contributed by atoms with Gasteiger partial charge in [-0.05, 0) is 30.2 Å². The number of rotatable bonds is 4. The molecule has 0 aromatic heterocycles. The van der Waals surface area contributed by atoms with E-state index >= 15 is 0 Å². The summed E-state index contributed by atoms with van der Waals surface area (Å²) in [5.41, 5.74) is 2.69. The van der Waals surface area contributed by atoms with Crippen LogP contribution in [0.4, 0.5) is 0 Å². The number of hydrogen-bond donors (Lipinski definition) is 1. The summed E-state index contributed by atoms with van der Waals surface area (Å²) in [6.07, 6.45) is 8.04. The lowest BCUT2D eigenvalue weighted by atomic mass is 10.2. The molecule has 2 aromatic rings. The standard InChI is InChI=1S/C16H14O.C5H8O2/c17-16-12-10-15(11-13-16)9-5-4-8-14-6-2-1-3-7-14;1-4(2)5(6)7-3/h1-13,17H;1H2,2-3H3. The van der Waals surface area contributed by atoms with Crippen LogP contribution in [-0.4, -0.2) is 18.2 Å². The van der Waals surface area contributed by atoms with Crippen LogP contribution >= 0.6 is 0 Å². The average Bonchev–Trinajstić information content (AvgIpc) is 2.61. The van der Waals surface area contributed by atoms with Gasteiger partial charge in [0.2, 0.25) is 0 Å². The van der Waals surface area contributed by atoms with Crippen LogP contribution in [0.3, 0.4) is 0 Å². The van der Waals surface area contributed by atoms with Crippen molar-refractivity contribution in [2.24, 2.45) is 0 Å². The van der Waals surface area contributed by atoms with Gasteiger partial charge >= 0.3 is 5.97 Å². The second kappa shape index (κ2) is 10.6. The SMILES string of the molecule is C=C(C)C(=O)OC.Oc1ccc(C=CC=Cc2ccccc2)cc1. The molecule has 24 heavy (non-hydrogen) atoms. The van der Waals surface area contributed by atoms with Crippen LogP contribution in [0, 0.1) is 0 Å². The van der Waals surface area contributed by atoms with Gasteiger partial charge in [0, 0.05) is 5.57 Å². The first-order valence-corrected chi connectivity index (χ1v) is 7.45. The molecule has 0 aliphatic rings. The van der Waals surface area contributed by atoms with Gasteiger partial charge in [-0.2, -0.15) is 0 Å². The van der Waals surface area contributed by atoms with Gasteiger partial charge in [0.1, 0.15) is 5.75 Å². The van der Waals surface area contributed by atoms with Gasteiger partial charge < -0.3 is 9.84 Å². The highest BCUT2D eigenvalue weighted by Crippen LogP contribution is 2.11. The predicted molar refractivity (Wildman–Crippen MR) is 99.4 cm³/mol. The van der Waals surface area contributed by atoms with Gasteiger partial charge in [-0.25, -0.2) is 4.79 Å². The van der Waals surface area contributed by atoms with Crippen molar-refractivity contribution in [3.63, 3.8) is 0 Å². The Labute approximate surface area is 143 Å². The Bertz CT molecular complexity index is 696. The number of phenolic OH excluding ortho intramolecular Hbond substituents is 1. The van der Waals surface area contributed by atoms with Crippen molar-refractivity contribution in [3.05, 3.63) is 90.0 Å². The maximum absolute atomic E-state index is 10.2.